The first-order valence-corrected chi connectivity index (χ1v) is 8.66. The van der Waals surface area contributed by atoms with Crippen molar-refractivity contribution >= 4 is 23.3 Å². The number of carbonyl (C=O) groups excluding carboxylic acids is 3. The smallest absolute Gasteiger partial charge is 0.338 e. The van der Waals surface area contributed by atoms with Crippen LogP contribution < -0.4 is 5.32 Å². The minimum Gasteiger partial charge on any atom is -0.452 e. The Kier molecular flexibility index (Phi) is 5.96. The fourth-order valence-electron chi connectivity index (χ4n) is 2.63. The van der Waals surface area contributed by atoms with Crippen molar-refractivity contribution in [3.8, 4) is 0 Å². The molecule has 7 heteroatoms. The highest BCUT2D eigenvalue weighted by molar-refractivity contribution is 6.04. The number of benzene rings is 2. The van der Waals surface area contributed by atoms with E-state index in [1.165, 1.54) is 6.92 Å². The Labute approximate surface area is 161 Å². The van der Waals surface area contributed by atoms with Gasteiger partial charge in [-0.05, 0) is 42.8 Å². The van der Waals surface area contributed by atoms with Gasteiger partial charge in [0.2, 0.25) is 0 Å². The second kappa shape index (κ2) is 8.77. The van der Waals surface area contributed by atoms with Gasteiger partial charge < -0.3 is 10.1 Å². The number of hydrogen-bond donors (Lipinski definition) is 1. The van der Waals surface area contributed by atoms with E-state index < -0.39 is 18.5 Å². The van der Waals surface area contributed by atoms with Crippen LogP contribution in [0.4, 0.5) is 5.69 Å². The number of Topliss-reactive ketones (excluding diaryl/α,β-unsaturated/α-hetero) is 1. The number of amides is 1. The summed E-state index contributed by atoms with van der Waals surface area (Å²) in [5.74, 6) is -1.28. The topological polar surface area (TPSA) is 90.3 Å². The molecule has 0 fully saturated rings. The van der Waals surface area contributed by atoms with Crippen LogP contribution in [0.3, 0.4) is 0 Å². The number of para-hydroxylation sites is 1. The molecule has 1 amide bonds. The Morgan fingerprint density at radius 2 is 1.79 bits per heavy atom. The molecule has 1 heterocycles. The highest BCUT2D eigenvalue weighted by Gasteiger charge is 2.13. The molecule has 2 aromatic carbocycles. The molecule has 0 spiro atoms. The molecule has 1 N–H and O–H groups in total. The van der Waals surface area contributed by atoms with Crippen LogP contribution in [0.25, 0.3) is 0 Å². The van der Waals surface area contributed by atoms with Crippen molar-refractivity contribution in [3.05, 3.63) is 83.7 Å². The van der Waals surface area contributed by atoms with Gasteiger partial charge in [-0.15, -0.1) is 0 Å². The lowest BCUT2D eigenvalue weighted by molar-refractivity contribution is -0.119. The number of esters is 1. The lowest BCUT2D eigenvalue weighted by Gasteiger charge is -2.09. The van der Waals surface area contributed by atoms with E-state index in [-0.39, 0.29) is 5.78 Å². The molecule has 0 aliphatic heterocycles. The van der Waals surface area contributed by atoms with Gasteiger partial charge >= 0.3 is 5.97 Å². The van der Waals surface area contributed by atoms with Gasteiger partial charge in [0.25, 0.3) is 5.91 Å². The van der Waals surface area contributed by atoms with Crippen LogP contribution in [0.1, 0.15) is 33.2 Å². The Morgan fingerprint density at radius 1 is 1.04 bits per heavy atom. The molecular formula is C21H19N3O4. The van der Waals surface area contributed by atoms with Gasteiger partial charge in [-0.1, -0.05) is 24.3 Å². The molecule has 0 atom stereocenters. The quantitative estimate of drug-likeness (QED) is 0.505. The summed E-state index contributed by atoms with van der Waals surface area (Å²) >= 11 is 0. The summed E-state index contributed by atoms with van der Waals surface area (Å²) in [7, 11) is 0. The molecule has 0 unspecified atom stereocenters. The lowest BCUT2D eigenvalue weighted by Crippen LogP contribution is -2.22. The molecule has 0 radical (unpaired) electrons. The van der Waals surface area contributed by atoms with Crippen molar-refractivity contribution in [1.29, 1.82) is 0 Å². The van der Waals surface area contributed by atoms with Crippen molar-refractivity contribution in [1.82, 2.24) is 9.78 Å². The van der Waals surface area contributed by atoms with Gasteiger partial charge in [-0.2, -0.15) is 5.10 Å². The van der Waals surface area contributed by atoms with Crippen molar-refractivity contribution in [2.75, 3.05) is 11.9 Å². The fourth-order valence-corrected chi connectivity index (χ4v) is 2.63. The Morgan fingerprint density at radius 3 is 2.46 bits per heavy atom. The summed E-state index contributed by atoms with van der Waals surface area (Å²) in [4.78, 5) is 35.8. The first kappa shape index (κ1) is 19.0. The standard InChI is InChI=1S/C21H19N3O4/c1-15(25)18-5-2-3-6-19(18)23-20(26)14-28-21(27)17-9-7-16(8-10-17)13-24-12-4-11-22-24/h2-12H,13-14H2,1H3,(H,23,26). The second-order valence-corrected chi connectivity index (χ2v) is 6.13. The summed E-state index contributed by atoms with van der Waals surface area (Å²) in [6, 6.07) is 15.4. The number of carbonyl (C=O) groups is 3. The Hall–Kier alpha value is -3.74. The number of hydrogen-bond acceptors (Lipinski definition) is 5. The minimum absolute atomic E-state index is 0.164. The van der Waals surface area contributed by atoms with E-state index in [0.717, 1.165) is 5.56 Å². The number of rotatable bonds is 7. The van der Waals surface area contributed by atoms with Crippen LogP contribution in [0.5, 0.6) is 0 Å². The third kappa shape index (κ3) is 4.91. The van der Waals surface area contributed by atoms with Crippen molar-refractivity contribution in [2.45, 2.75) is 13.5 Å². The zero-order valence-electron chi connectivity index (χ0n) is 15.3. The zero-order valence-corrected chi connectivity index (χ0v) is 15.3. The molecule has 0 aliphatic carbocycles. The molecule has 0 aliphatic rings. The van der Waals surface area contributed by atoms with Gasteiger partial charge in [0.05, 0.1) is 17.8 Å². The molecule has 0 saturated heterocycles. The molecule has 3 rings (SSSR count). The van der Waals surface area contributed by atoms with Gasteiger partial charge in [0, 0.05) is 18.0 Å². The number of ether oxygens (including phenoxy) is 1. The van der Waals surface area contributed by atoms with E-state index >= 15 is 0 Å². The molecule has 0 saturated carbocycles. The number of nitrogens with zero attached hydrogens (tertiary/aromatic N) is 2. The summed E-state index contributed by atoms with van der Waals surface area (Å²) in [6.45, 7) is 1.57. The van der Waals surface area contributed by atoms with Gasteiger partial charge in [0.1, 0.15) is 0 Å². The maximum absolute atomic E-state index is 12.1. The Bertz CT molecular complexity index is 979. The molecule has 3 aromatic rings. The fraction of sp³-hybridized carbons (Fsp3) is 0.143. The van der Waals surface area contributed by atoms with Crippen molar-refractivity contribution in [2.24, 2.45) is 0 Å². The zero-order chi connectivity index (χ0) is 19.9. The summed E-state index contributed by atoms with van der Waals surface area (Å²) in [6.07, 6.45) is 3.55. The highest BCUT2D eigenvalue weighted by Crippen LogP contribution is 2.15. The van der Waals surface area contributed by atoms with E-state index in [0.29, 0.717) is 23.4 Å². The first-order chi connectivity index (χ1) is 13.5. The largest absolute Gasteiger partial charge is 0.452 e. The Balaban J connectivity index is 1.53. The van der Waals surface area contributed by atoms with Gasteiger partial charge in [0.15, 0.2) is 12.4 Å². The average molecular weight is 377 g/mol. The normalized spacial score (nSPS) is 10.3. The molecule has 1 aromatic heterocycles. The molecular weight excluding hydrogens is 358 g/mol. The van der Waals surface area contributed by atoms with Gasteiger partial charge in [-0.3, -0.25) is 14.3 Å². The van der Waals surface area contributed by atoms with E-state index in [2.05, 4.69) is 10.4 Å². The van der Waals surface area contributed by atoms with E-state index in [1.807, 2.05) is 12.3 Å². The average Bonchev–Trinajstić information content (AvgIpc) is 3.20. The minimum atomic E-state index is -0.597. The van der Waals surface area contributed by atoms with Crippen LogP contribution in [0.2, 0.25) is 0 Å². The highest BCUT2D eigenvalue weighted by atomic mass is 16.5. The maximum Gasteiger partial charge on any atom is 0.338 e. The van der Waals surface area contributed by atoms with Crippen LogP contribution >= 0.6 is 0 Å². The maximum atomic E-state index is 12.1. The monoisotopic (exact) mass is 377 g/mol. The predicted octanol–water partition coefficient (Wildman–Crippen LogP) is 2.93. The van der Waals surface area contributed by atoms with Crippen LogP contribution in [0.15, 0.2) is 67.0 Å². The van der Waals surface area contributed by atoms with Crippen molar-refractivity contribution in [3.63, 3.8) is 0 Å². The van der Waals surface area contributed by atoms with E-state index in [4.69, 9.17) is 4.74 Å². The van der Waals surface area contributed by atoms with Crippen LogP contribution in [0, 0.1) is 0 Å². The summed E-state index contributed by atoms with van der Waals surface area (Å²) in [5.41, 5.74) is 2.12. The lowest BCUT2D eigenvalue weighted by atomic mass is 10.1. The third-order valence-electron chi connectivity index (χ3n) is 4.01. The first-order valence-electron chi connectivity index (χ1n) is 8.66. The van der Waals surface area contributed by atoms with Crippen LogP contribution in [-0.2, 0) is 16.1 Å². The van der Waals surface area contributed by atoms with E-state index in [9.17, 15) is 14.4 Å². The molecule has 0 bridgehead atoms. The SMILES string of the molecule is CC(=O)c1ccccc1NC(=O)COC(=O)c1ccc(Cn2cccn2)cc1. The molecule has 28 heavy (non-hydrogen) atoms. The van der Waals surface area contributed by atoms with Crippen LogP contribution in [-0.4, -0.2) is 34.0 Å². The molecule has 142 valence electrons. The van der Waals surface area contributed by atoms with Gasteiger partial charge in [-0.25, -0.2) is 4.79 Å². The third-order valence-corrected chi connectivity index (χ3v) is 4.01. The van der Waals surface area contributed by atoms with Crippen molar-refractivity contribution < 1.29 is 19.1 Å². The van der Waals surface area contributed by atoms with E-state index in [1.54, 1.807) is 59.4 Å². The predicted molar refractivity (Wildman–Crippen MR) is 103 cm³/mol. The second-order valence-electron chi connectivity index (χ2n) is 6.13. The molecule has 7 nitrogen and oxygen atoms in total. The number of aromatic nitrogens is 2. The number of nitrogens with one attached hydrogen (secondary N) is 1. The number of ketones is 1. The number of anilines is 1. The summed E-state index contributed by atoms with van der Waals surface area (Å²) in [5, 5.41) is 6.71. The summed E-state index contributed by atoms with van der Waals surface area (Å²) < 4.78 is 6.83.